The number of halogens is 1. The highest BCUT2D eigenvalue weighted by Gasteiger charge is 2.18. The third kappa shape index (κ3) is 4.32. The topological polar surface area (TPSA) is 84.2 Å². The van der Waals surface area contributed by atoms with E-state index in [0.29, 0.717) is 11.3 Å². The van der Waals surface area contributed by atoms with Gasteiger partial charge in [0.2, 0.25) is 0 Å². The summed E-state index contributed by atoms with van der Waals surface area (Å²) in [4.78, 5) is 25.4. The number of amides is 1. The molecule has 0 aliphatic carbocycles. The van der Waals surface area contributed by atoms with E-state index in [0.717, 1.165) is 10.2 Å². The Hall–Kier alpha value is -3.32. The summed E-state index contributed by atoms with van der Waals surface area (Å²) in [5.74, 6) is -1.15. The molecule has 0 fully saturated rings. The maximum absolute atomic E-state index is 13.7. The SMILES string of the molecule is Cc1ccc(-c2cc(C(=O)NC[C@H](C)O)c(=O)n(-c3cccc(F)c3)n2)cc1. The molecule has 0 saturated carbocycles. The number of hydrogen-bond donors (Lipinski definition) is 2. The van der Waals surface area contributed by atoms with Crippen molar-refractivity contribution in [1.29, 1.82) is 0 Å². The lowest BCUT2D eigenvalue weighted by molar-refractivity contribution is 0.0922. The Labute approximate surface area is 161 Å². The average Bonchev–Trinajstić information content (AvgIpc) is 2.67. The minimum absolute atomic E-state index is 0.000423. The fourth-order valence-corrected chi connectivity index (χ4v) is 2.64. The number of benzene rings is 2. The number of nitrogens with zero attached hydrogens (tertiary/aromatic N) is 2. The van der Waals surface area contributed by atoms with E-state index in [1.54, 1.807) is 0 Å². The van der Waals surface area contributed by atoms with E-state index in [9.17, 15) is 19.1 Å². The van der Waals surface area contributed by atoms with Gasteiger partial charge in [0, 0.05) is 12.1 Å². The Morgan fingerprint density at radius 2 is 1.93 bits per heavy atom. The first-order valence-electron chi connectivity index (χ1n) is 8.79. The van der Waals surface area contributed by atoms with Crippen LogP contribution in [0.3, 0.4) is 0 Å². The molecule has 2 aromatic carbocycles. The second kappa shape index (κ2) is 8.14. The molecule has 28 heavy (non-hydrogen) atoms. The van der Waals surface area contributed by atoms with Crippen LogP contribution in [-0.2, 0) is 0 Å². The van der Waals surface area contributed by atoms with Gasteiger partial charge in [-0.2, -0.15) is 9.78 Å². The Balaban J connectivity index is 2.17. The Morgan fingerprint density at radius 3 is 2.57 bits per heavy atom. The van der Waals surface area contributed by atoms with E-state index < -0.39 is 23.4 Å². The first-order chi connectivity index (χ1) is 13.3. The predicted molar refractivity (Wildman–Crippen MR) is 104 cm³/mol. The maximum Gasteiger partial charge on any atom is 0.284 e. The maximum atomic E-state index is 13.7. The van der Waals surface area contributed by atoms with Crippen LogP contribution in [-0.4, -0.2) is 33.4 Å². The highest BCUT2D eigenvalue weighted by molar-refractivity contribution is 5.94. The van der Waals surface area contributed by atoms with Crippen LogP contribution in [0.2, 0.25) is 0 Å². The van der Waals surface area contributed by atoms with Crippen LogP contribution in [0.5, 0.6) is 0 Å². The minimum Gasteiger partial charge on any atom is -0.392 e. The second-order valence-corrected chi connectivity index (χ2v) is 6.57. The summed E-state index contributed by atoms with van der Waals surface area (Å²) < 4.78 is 14.7. The molecule has 0 unspecified atom stereocenters. The van der Waals surface area contributed by atoms with E-state index in [1.807, 2.05) is 31.2 Å². The van der Waals surface area contributed by atoms with Gasteiger partial charge in [0.1, 0.15) is 11.4 Å². The van der Waals surface area contributed by atoms with Gasteiger partial charge in [0.25, 0.3) is 11.5 Å². The second-order valence-electron chi connectivity index (χ2n) is 6.57. The fourth-order valence-electron chi connectivity index (χ4n) is 2.64. The molecular weight excluding hydrogens is 361 g/mol. The molecule has 1 heterocycles. The van der Waals surface area contributed by atoms with E-state index >= 15 is 0 Å². The molecule has 2 N–H and O–H groups in total. The van der Waals surface area contributed by atoms with E-state index in [1.165, 1.54) is 37.3 Å². The van der Waals surface area contributed by atoms with Crippen LogP contribution < -0.4 is 10.9 Å². The first kappa shape index (κ1) is 19.4. The summed E-state index contributed by atoms with van der Waals surface area (Å²) in [6.45, 7) is 3.47. The molecule has 1 aromatic heterocycles. The number of aromatic nitrogens is 2. The van der Waals surface area contributed by atoms with E-state index in [4.69, 9.17) is 0 Å². The Kier molecular flexibility index (Phi) is 5.65. The van der Waals surface area contributed by atoms with Crippen molar-refractivity contribution < 1.29 is 14.3 Å². The molecule has 1 atom stereocenters. The van der Waals surface area contributed by atoms with Crippen molar-refractivity contribution in [2.24, 2.45) is 0 Å². The quantitative estimate of drug-likeness (QED) is 0.711. The van der Waals surface area contributed by atoms with Gasteiger partial charge in [-0.3, -0.25) is 9.59 Å². The molecule has 0 aliphatic heterocycles. The number of aliphatic hydroxyl groups is 1. The van der Waals surface area contributed by atoms with Crippen LogP contribution in [0.15, 0.2) is 59.4 Å². The van der Waals surface area contributed by atoms with Crippen molar-refractivity contribution in [3.05, 3.63) is 81.9 Å². The van der Waals surface area contributed by atoms with Crippen molar-refractivity contribution in [1.82, 2.24) is 15.1 Å². The van der Waals surface area contributed by atoms with Gasteiger partial charge in [0.05, 0.1) is 17.5 Å². The van der Waals surface area contributed by atoms with Crippen molar-refractivity contribution in [2.45, 2.75) is 20.0 Å². The number of rotatable bonds is 5. The van der Waals surface area contributed by atoms with Crippen LogP contribution in [0.4, 0.5) is 4.39 Å². The zero-order valence-corrected chi connectivity index (χ0v) is 15.5. The molecule has 0 bridgehead atoms. The van der Waals surface area contributed by atoms with E-state index in [2.05, 4.69) is 10.4 Å². The summed E-state index contributed by atoms with van der Waals surface area (Å²) in [5.41, 5.74) is 1.55. The lowest BCUT2D eigenvalue weighted by Crippen LogP contribution is -2.36. The van der Waals surface area contributed by atoms with Gasteiger partial charge in [-0.1, -0.05) is 35.9 Å². The summed E-state index contributed by atoms with van der Waals surface area (Å²) in [6.07, 6.45) is -0.757. The molecule has 3 aromatic rings. The number of nitrogens with one attached hydrogen (secondary N) is 1. The third-order valence-corrected chi connectivity index (χ3v) is 4.11. The molecule has 0 aliphatic rings. The number of carbonyl (C=O) groups excluding carboxylic acids is 1. The van der Waals surface area contributed by atoms with Crippen molar-refractivity contribution in [2.75, 3.05) is 6.54 Å². The molecule has 0 radical (unpaired) electrons. The summed E-state index contributed by atoms with van der Waals surface area (Å²) in [6, 6.07) is 14.3. The Bertz CT molecular complexity index is 1060. The molecule has 1 amide bonds. The minimum atomic E-state index is -0.757. The molecule has 0 saturated heterocycles. The molecule has 7 heteroatoms. The van der Waals surface area contributed by atoms with Crippen LogP contribution in [0, 0.1) is 12.7 Å². The average molecular weight is 381 g/mol. The van der Waals surface area contributed by atoms with Crippen LogP contribution in [0.1, 0.15) is 22.8 Å². The van der Waals surface area contributed by atoms with Gasteiger partial charge in [-0.15, -0.1) is 0 Å². The number of aryl methyl sites for hydroxylation is 1. The molecule has 3 rings (SSSR count). The van der Waals surface area contributed by atoms with E-state index in [-0.39, 0.29) is 17.8 Å². The van der Waals surface area contributed by atoms with Crippen LogP contribution in [0.25, 0.3) is 16.9 Å². The van der Waals surface area contributed by atoms with Crippen LogP contribution >= 0.6 is 0 Å². The monoisotopic (exact) mass is 381 g/mol. The lowest BCUT2D eigenvalue weighted by Gasteiger charge is -2.12. The summed E-state index contributed by atoms with van der Waals surface area (Å²) in [5, 5.41) is 16.2. The highest BCUT2D eigenvalue weighted by atomic mass is 19.1. The van der Waals surface area contributed by atoms with Crippen molar-refractivity contribution in [3.8, 4) is 16.9 Å². The van der Waals surface area contributed by atoms with Crippen molar-refractivity contribution in [3.63, 3.8) is 0 Å². The molecule has 144 valence electrons. The lowest BCUT2D eigenvalue weighted by atomic mass is 10.1. The fraction of sp³-hybridized carbons (Fsp3) is 0.190. The number of hydrogen-bond acceptors (Lipinski definition) is 4. The smallest absolute Gasteiger partial charge is 0.284 e. The Morgan fingerprint density at radius 1 is 1.21 bits per heavy atom. The normalized spacial score (nSPS) is 11.9. The predicted octanol–water partition coefficient (Wildman–Crippen LogP) is 2.46. The number of aliphatic hydroxyl groups excluding tert-OH is 1. The van der Waals surface area contributed by atoms with Gasteiger partial charge < -0.3 is 10.4 Å². The zero-order valence-electron chi connectivity index (χ0n) is 15.5. The molecule has 0 spiro atoms. The molecular formula is C21H20FN3O3. The van der Waals surface area contributed by atoms with Gasteiger partial charge in [0.15, 0.2) is 0 Å². The molecule has 6 nitrogen and oxygen atoms in total. The highest BCUT2D eigenvalue weighted by Crippen LogP contribution is 2.18. The van der Waals surface area contributed by atoms with Gasteiger partial charge >= 0.3 is 0 Å². The standard InChI is InChI=1S/C21H20FN3O3/c1-13-6-8-15(9-7-13)19-11-18(20(27)23-12-14(2)26)21(28)25(24-19)17-5-3-4-16(22)10-17/h3-11,14,26H,12H2,1-2H3,(H,23,27)/t14-/m0/s1. The van der Waals surface area contributed by atoms with Gasteiger partial charge in [-0.05, 0) is 38.1 Å². The first-order valence-corrected chi connectivity index (χ1v) is 8.79. The largest absolute Gasteiger partial charge is 0.392 e. The van der Waals surface area contributed by atoms with Gasteiger partial charge in [-0.25, -0.2) is 4.39 Å². The van der Waals surface area contributed by atoms with Crippen molar-refractivity contribution >= 4 is 5.91 Å². The number of carbonyl (C=O) groups is 1. The summed E-state index contributed by atoms with van der Waals surface area (Å²) in [7, 11) is 0. The third-order valence-electron chi connectivity index (χ3n) is 4.11. The summed E-state index contributed by atoms with van der Waals surface area (Å²) >= 11 is 0. The zero-order chi connectivity index (χ0) is 20.3.